The summed E-state index contributed by atoms with van der Waals surface area (Å²) in [7, 11) is 3.18. The van der Waals surface area contributed by atoms with Crippen LogP contribution < -0.4 is 20.1 Å². The number of aromatic nitrogens is 3. The maximum absolute atomic E-state index is 6.18. The number of anilines is 2. The Morgan fingerprint density at radius 2 is 1.96 bits per heavy atom. The summed E-state index contributed by atoms with van der Waals surface area (Å²) in [5, 5.41) is 11.4. The lowest BCUT2D eigenvalue weighted by molar-refractivity contribution is 0.405. The van der Waals surface area contributed by atoms with Crippen LogP contribution in [0.25, 0.3) is 0 Å². The van der Waals surface area contributed by atoms with Gasteiger partial charge in [-0.3, -0.25) is 5.32 Å². The molecule has 0 radical (unpaired) electrons. The van der Waals surface area contributed by atoms with Crippen LogP contribution in [0.5, 0.6) is 11.5 Å². The van der Waals surface area contributed by atoms with Crippen molar-refractivity contribution in [3.8, 4) is 11.5 Å². The Morgan fingerprint density at radius 3 is 2.70 bits per heavy atom. The molecule has 140 valence electrons. The fourth-order valence-electron chi connectivity index (χ4n) is 2.40. The van der Waals surface area contributed by atoms with Gasteiger partial charge < -0.3 is 14.8 Å². The summed E-state index contributed by atoms with van der Waals surface area (Å²) in [6.45, 7) is 0.512. The summed E-state index contributed by atoms with van der Waals surface area (Å²) in [6.07, 6.45) is 1.61. The number of thiocarbonyl (C=S) groups is 1. The van der Waals surface area contributed by atoms with Crippen LogP contribution in [0.2, 0.25) is 5.02 Å². The highest BCUT2D eigenvalue weighted by Gasteiger charge is 2.09. The van der Waals surface area contributed by atoms with E-state index in [9.17, 15) is 0 Å². The third-order valence-corrected chi connectivity index (χ3v) is 4.28. The number of rotatable bonds is 6. The van der Waals surface area contributed by atoms with E-state index in [2.05, 4.69) is 20.7 Å². The first-order valence-corrected chi connectivity index (χ1v) is 8.80. The number of hydrogen-bond donors (Lipinski definition) is 2. The molecule has 0 saturated heterocycles. The first-order valence-electron chi connectivity index (χ1n) is 8.02. The summed E-state index contributed by atoms with van der Waals surface area (Å²) in [5.41, 5.74) is 1.63. The quantitative estimate of drug-likeness (QED) is 0.606. The van der Waals surface area contributed by atoms with Gasteiger partial charge in [-0.05, 0) is 36.0 Å². The second-order valence-corrected chi connectivity index (χ2v) is 6.32. The van der Waals surface area contributed by atoms with Gasteiger partial charge in [0, 0.05) is 11.1 Å². The van der Waals surface area contributed by atoms with Gasteiger partial charge >= 0.3 is 0 Å². The molecule has 7 nitrogen and oxygen atoms in total. The number of methoxy groups -OCH3 is 2. The summed E-state index contributed by atoms with van der Waals surface area (Å²) in [6, 6.07) is 13.0. The third kappa shape index (κ3) is 4.87. The zero-order valence-electron chi connectivity index (χ0n) is 14.8. The monoisotopic (exact) mass is 403 g/mol. The smallest absolute Gasteiger partial charge is 0.248 e. The van der Waals surface area contributed by atoms with Gasteiger partial charge in [0.2, 0.25) is 5.95 Å². The second-order valence-electron chi connectivity index (χ2n) is 5.50. The minimum absolute atomic E-state index is 0.331. The average molecular weight is 404 g/mol. The number of nitrogens with one attached hydrogen (secondary N) is 2. The van der Waals surface area contributed by atoms with Crippen LogP contribution >= 0.6 is 23.8 Å². The van der Waals surface area contributed by atoms with Gasteiger partial charge in [0.05, 0.1) is 26.5 Å². The molecule has 0 saturated carbocycles. The maximum atomic E-state index is 6.18. The van der Waals surface area contributed by atoms with Gasteiger partial charge in [-0.1, -0.05) is 29.8 Å². The van der Waals surface area contributed by atoms with E-state index in [4.69, 9.17) is 33.3 Å². The molecule has 1 aromatic heterocycles. The molecule has 0 spiro atoms. The Labute approximate surface area is 167 Å². The molecule has 27 heavy (non-hydrogen) atoms. The predicted molar refractivity (Wildman–Crippen MR) is 110 cm³/mol. The molecule has 0 bridgehead atoms. The largest absolute Gasteiger partial charge is 0.497 e. The van der Waals surface area contributed by atoms with Crippen LogP contribution in [0.3, 0.4) is 0 Å². The van der Waals surface area contributed by atoms with Crippen molar-refractivity contribution in [1.82, 2.24) is 14.8 Å². The van der Waals surface area contributed by atoms with E-state index in [-0.39, 0.29) is 0 Å². The van der Waals surface area contributed by atoms with Crippen molar-refractivity contribution in [2.75, 3.05) is 24.9 Å². The Kier molecular flexibility index (Phi) is 6.10. The van der Waals surface area contributed by atoms with Crippen molar-refractivity contribution in [2.45, 2.75) is 6.54 Å². The van der Waals surface area contributed by atoms with E-state index < -0.39 is 0 Å². The molecule has 0 amide bonds. The zero-order valence-corrected chi connectivity index (χ0v) is 16.3. The van der Waals surface area contributed by atoms with Crippen molar-refractivity contribution in [3.63, 3.8) is 0 Å². The minimum atomic E-state index is 0.331. The molecular weight excluding hydrogens is 386 g/mol. The summed E-state index contributed by atoms with van der Waals surface area (Å²) < 4.78 is 12.2. The summed E-state index contributed by atoms with van der Waals surface area (Å²) >= 11 is 11.5. The molecular formula is C18H18ClN5O2S. The van der Waals surface area contributed by atoms with Gasteiger partial charge in [-0.2, -0.15) is 0 Å². The van der Waals surface area contributed by atoms with E-state index in [0.29, 0.717) is 39.8 Å². The van der Waals surface area contributed by atoms with Crippen LogP contribution in [0.1, 0.15) is 5.56 Å². The van der Waals surface area contributed by atoms with Gasteiger partial charge in [-0.15, -0.1) is 5.10 Å². The topological polar surface area (TPSA) is 73.2 Å². The standard InChI is InChI=1S/C18H18ClN5O2S/c1-25-13-7-8-16(26-2)15(9-13)21-18(27)22-17-20-11-24(23-17)10-12-5-3-4-6-14(12)19/h3-9,11H,10H2,1-2H3,(H2,21,22,23,27). The lowest BCUT2D eigenvalue weighted by Gasteiger charge is -2.13. The molecule has 3 rings (SSSR count). The van der Waals surface area contributed by atoms with Crippen LogP contribution in [0.15, 0.2) is 48.8 Å². The lowest BCUT2D eigenvalue weighted by atomic mass is 10.2. The van der Waals surface area contributed by atoms with E-state index in [1.54, 1.807) is 43.4 Å². The lowest BCUT2D eigenvalue weighted by Crippen LogP contribution is -2.20. The van der Waals surface area contributed by atoms with Crippen molar-refractivity contribution in [3.05, 3.63) is 59.4 Å². The van der Waals surface area contributed by atoms with E-state index in [1.165, 1.54) is 0 Å². The fraction of sp³-hybridized carbons (Fsp3) is 0.167. The Hall–Kier alpha value is -2.84. The van der Waals surface area contributed by atoms with Crippen molar-refractivity contribution in [2.24, 2.45) is 0 Å². The average Bonchev–Trinajstić information content (AvgIpc) is 3.10. The fourth-order valence-corrected chi connectivity index (χ4v) is 2.79. The third-order valence-electron chi connectivity index (χ3n) is 3.71. The van der Waals surface area contributed by atoms with E-state index in [1.807, 2.05) is 24.3 Å². The molecule has 9 heteroatoms. The molecule has 0 aliphatic carbocycles. The van der Waals surface area contributed by atoms with Gasteiger partial charge in [0.25, 0.3) is 0 Å². The van der Waals surface area contributed by atoms with E-state index in [0.717, 1.165) is 5.56 Å². The van der Waals surface area contributed by atoms with E-state index >= 15 is 0 Å². The number of hydrogen-bond acceptors (Lipinski definition) is 5. The molecule has 2 aromatic carbocycles. The normalized spacial score (nSPS) is 10.3. The zero-order chi connectivity index (χ0) is 19.2. The summed E-state index contributed by atoms with van der Waals surface area (Å²) in [4.78, 5) is 4.21. The van der Waals surface area contributed by atoms with Crippen LogP contribution in [-0.2, 0) is 6.54 Å². The Balaban J connectivity index is 1.65. The number of benzene rings is 2. The molecule has 0 unspecified atom stereocenters. The Morgan fingerprint density at radius 1 is 1.15 bits per heavy atom. The highest BCUT2D eigenvalue weighted by atomic mass is 35.5. The molecule has 0 aliphatic rings. The van der Waals surface area contributed by atoms with Gasteiger partial charge in [0.1, 0.15) is 17.8 Å². The predicted octanol–water partition coefficient (Wildman–Crippen LogP) is 3.81. The molecule has 3 aromatic rings. The van der Waals surface area contributed by atoms with Crippen molar-refractivity contribution in [1.29, 1.82) is 0 Å². The molecule has 0 aliphatic heterocycles. The first kappa shape index (κ1) is 18.9. The number of nitrogens with zero attached hydrogens (tertiary/aromatic N) is 3. The molecule has 0 atom stereocenters. The number of halogens is 1. The SMILES string of the molecule is COc1ccc(OC)c(NC(=S)Nc2ncn(Cc3ccccc3Cl)n2)c1. The van der Waals surface area contributed by atoms with Crippen LogP contribution in [-0.4, -0.2) is 34.1 Å². The van der Waals surface area contributed by atoms with Crippen molar-refractivity contribution < 1.29 is 9.47 Å². The van der Waals surface area contributed by atoms with Crippen molar-refractivity contribution >= 4 is 40.6 Å². The minimum Gasteiger partial charge on any atom is -0.497 e. The Bertz CT molecular complexity index is 947. The van der Waals surface area contributed by atoms with Gasteiger partial charge in [0.15, 0.2) is 5.11 Å². The first-order chi connectivity index (χ1) is 13.1. The van der Waals surface area contributed by atoms with Gasteiger partial charge in [-0.25, -0.2) is 9.67 Å². The molecule has 2 N–H and O–H groups in total. The highest BCUT2D eigenvalue weighted by Crippen LogP contribution is 2.28. The van der Waals surface area contributed by atoms with Crippen LogP contribution in [0.4, 0.5) is 11.6 Å². The second kappa shape index (κ2) is 8.70. The van der Waals surface area contributed by atoms with Crippen LogP contribution in [0, 0.1) is 0 Å². The molecule has 0 fully saturated rings. The summed E-state index contributed by atoms with van der Waals surface area (Å²) in [5.74, 6) is 1.70. The highest BCUT2D eigenvalue weighted by molar-refractivity contribution is 7.80. The molecule has 1 heterocycles. The maximum Gasteiger partial charge on any atom is 0.248 e. The number of ether oxygens (including phenoxy) is 2.